The molecule has 3 heterocycles. The summed E-state index contributed by atoms with van der Waals surface area (Å²) in [6.07, 6.45) is 6.78. The van der Waals surface area contributed by atoms with E-state index in [9.17, 15) is 14.7 Å². The summed E-state index contributed by atoms with van der Waals surface area (Å²) in [5.74, 6) is 0.814. The SMILES string of the molecule is CC(=O)O[C@@H]1C[C@@H]2[C@H](CC[C@H]3[C@@]2(C)CC[C@H]2[C@@](C)(CO)CCC[C@]32C)[C@@H]2O[C@@H]3OC(=O)C[C@@]31O2. The van der Waals surface area contributed by atoms with E-state index in [1.165, 1.54) is 19.8 Å². The molecule has 3 aliphatic carbocycles. The second-order valence-electron chi connectivity index (χ2n) is 13.1. The van der Waals surface area contributed by atoms with Crippen molar-refractivity contribution < 1.29 is 33.6 Å². The van der Waals surface area contributed by atoms with Crippen molar-refractivity contribution in [3.63, 3.8) is 0 Å². The van der Waals surface area contributed by atoms with Gasteiger partial charge >= 0.3 is 11.9 Å². The van der Waals surface area contributed by atoms with Crippen LogP contribution in [0.15, 0.2) is 0 Å². The molecule has 1 N–H and O–H groups in total. The molecule has 0 amide bonds. The van der Waals surface area contributed by atoms with E-state index in [0.29, 0.717) is 18.3 Å². The van der Waals surface area contributed by atoms with E-state index in [1.807, 2.05) is 0 Å². The lowest BCUT2D eigenvalue weighted by Crippen LogP contribution is -2.61. The molecule has 7 heteroatoms. The van der Waals surface area contributed by atoms with E-state index >= 15 is 0 Å². The van der Waals surface area contributed by atoms with Crippen molar-refractivity contribution in [1.82, 2.24) is 0 Å². The highest BCUT2D eigenvalue weighted by atomic mass is 16.8. The number of hydrogen-bond donors (Lipinski definition) is 1. The van der Waals surface area contributed by atoms with Crippen molar-refractivity contribution >= 4 is 11.9 Å². The molecule has 6 rings (SSSR count). The highest BCUT2D eigenvalue weighted by molar-refractivity contribution is 5.74. The van der Waals surface area contributed by atoms with Gasteiger partial charge in [0.2, 0.25) is 6.29 Å². The molecule has 11 atom stereocenters. The first-order valence-corrected chi connectivity index (χ1v) is 13.4. The van der Waals surface area contributed by atoms with Gasteiger partial charge in [-0.3, -0.25) is 9.59 Å². The van der Waals surface area contributed by atoms with Gasteiger partial charge in [0.1, 0.15) is 6.10 Å². The molecule has 0 radical (unpaired) electrons. The second-order valence-corrected chi connectivity index (χ2v) is 13.1. The summed E-state index contributed by atoms with van der Waals surface area (Å²) in [7, 11) is 0. The van der Waals surface area contributed by atoms with Crippen LogP contribution in [-0.2, 0) is 28.5 Å². The Morgan fingerprint density at radius 1 is 1.09 bits per heavy atom. The second kappa shape index (κ2) is 7.42. The molecule has 6 fully saturated rings. The van der Waals surface area contributed by atoms with Crippen LogP contribution in [0.5, 0.6) is 0 Å². The molecule has 1 spiro atoms. The monoisotopic (exact) mass is 476 g/mol. The Labute approximate surface area is 202 Å². The standard InChI is InChI=1S/C27H40O7/c1-15(29)31-20-12-17-16(22-33-23-27(20,34-22)13-21(30)32-23)6-7-19-25(17,3)11-8-18-24(2,14-28)9-5-10-26(18,19)4/h16-20,22-23,28H,5-14H2,1-4H3/t16-,17+,18-,19-,20+,22+,23-,24+,25-,26-,27-/m0/s1. The van der Waals surface area contributed by atoms with Crippen molar-refractivity contribution in [1.29, 1.82) is 0 Å². The van der Waals surface area contributed by atoms with Crippen LogP contribution in [0.4, 0.5) is 0 Å². The van der Waals surface area contributed by atoms with Crippen LogP contribution in [0, 0.1) is 39.9 Å². The average molecular weight is 477 g/mol. The molecular weight excluding hydrogens is 436 g/mol. The van der Waals surface area contributed by atoms with E-state index in [-0.39, 0.29) is 53.0 Å². The van der Waals surface area contributed by atoms with Crippen LogP contribution in [0.2, 0.25) is 0 Å². The Balaban J connectivity index is 1.38. The van der Waals surface area contributed by atoms with Crippen LogP contribution < -0.4 is 0 Å². The van der Waals surface area contributed by atoms with Crippen LogP contribution >= 0.6 is 0 Å². The first kappa shape index (κ1) is 23.2. The quantitative estimate of drug-likeness (QED) is 0.603. The largest absolute Gasteiger partial charge is 0.459 e. The van der Waals surface area contributed by atoms with Crippen molar-refractivity contribution in [2.24, 2.45) is 39.9 Å². The van der Waals surface area contributed by atoms with Gasteiger partial charge in [0.25, 0.3) is 0 Å². The smallest absolute Gasteiger partial charge is 0.311 e. The molecule has 7 nitrogen and oxygen atoms in total. The number of rotatable bonds is 2. The molecule has 3 saturated carbocycles. The topological polar surface area (TPSA) is 91.3 Å². The third-order valence-corrected chi connectivity index (χ3v) is 11.5. The van der Waals surface area contributed by atoms with Crippen molar-refractivity contribution in [3.05, 3.63) is 0 Å². The van der Waals surface area contributed by atoms with E-state index in [4.69, 9.17) is 18.9 Å². The summed E-state index contributed by atoms with van der Waals surface area (Å²) >= 11 is 0. The molecule has 0 aromatic rings. The Kier molecular flexibility index (Phi) is 5.07. The summed E-state index contributed by atoms with van der Waals surface area (Å²) < 4.78 is 24.2. The molecule has 0 aromatic carbocycles. The van der Waals surface area contributed by atoms with E-state index in [2.05, 4.69) is 20.8 Å². The van der Waals surface area contributed by atoms with E-state index in [1.54, 1.807) is 0 Å². The number of carbonyl (C=O) groups is 2. The maximum Gasteiger partial charge on any atom is 0.311 e. The minimum atomic E-state index is -1.03. The molecule has 34 heavy (non-hydrogen) atoms. The molecule has 190 valence electrons. The van der Waals surface area contributed by atoms with Crippen molar-refractivity contribution in [3.8, 4) is 0 Å². The van der Waals surface area contributed by atoms with Crippen molar-refractivity contribution in [2.75, 3.05) is 6.61 Å². The van der Waals surface area contributed by atoms with Gasteiger partial charge in [0.05, 0.1) is 6.42 Å². The predicted molar refractivity (Wildman–Crippen MR) is 121 cm³/mol. The lowest BCUT2D eigenvalue weighted by molar-refractivity contribution is -0.225. The predicted octanol–water partition coefficient (Wildman–Crippen LogP) is 3.95. The van der Waals surface area contributed by atoms with Gasteiger partial charge in [0.15, 0.2) is 11.9 Å². The number of aliphatic hydroxyl groups excluding tert-OH is 1. The number of carbonyl (C=O) groups excluding carboxylic acids is 2. The summed E-state index contributed by atoms with van der Waals surface area (Å²) in [6.45, 7) is 8.93. The summed E-state index contributed by atoms with van der Waals surface area (Å²) in [4.78, 5) is 24.4. The zero-order valence-corrected chi connectivity index (χ0v) is 21.0. The summed E-state index contributed by atoms with van der Waals surface area (Å²) in [5, 5.41) is 10.4. The third-order valence-electron chi connectivity index (χ3n) is 11.5. The highest BCUT2D eigenvalue weighted by Gasteiger charge is 2.71. The van der Waals surface area contributed by atoms with Gasteiger partial charge in [-0.05, 0) is 78.9 Å². The molecule has 3 aliphatic heterocycles. The molecule has 2 bridgehead atoms. The number of hydrogen-bond acceptors (Lipinski definition) is 7. The summed E-state index contributed by atoms with van der Waals surface area (Å²) in [6, 6.07) is 0. The molecule has 0 unspecified atom stereocenters. The van der Waals surface area contributed by atoms with Crippen molar-refractivity contribution in [2.45, 2.75) is 110 Å². The first-order chi connectivity index (χ1) is 16.1. The van der Waals surface area contributed by atoms with Crippen LogP contribution in [-0.4, -0.2) is 47.9 Å². The maximum atomic E-state index is 12.2. The molecular formula is C27H40O7. The minimum Gasteiger partial charge on any atom is -0.459 e. The fraction of sp³-hybridized carbons (Fsp3) is 0.926. The maximum absolute atomic E-state index is 12.2. The van der Waals surface area contributed by atoms with Gasteiger partial charge in [-0.2, -0.15) is 0 Å². The fourth-order valence-electron chi connectivity index (χ4n) is 10.1. The number of fused-ring (bicyclic) bond motifs is 7. The lowest BCUT2D eigenvalue weighted by atomic mass is 9.38. The zero-order chi connectivity index (χ0) is 24.1. The third kappa shape index (κ3) is 2.92. The van der Waals surface area contributed by atoms with E-state index in [0.717, 1.165) is 32.1 Å². The first-order valence-electron chi connectivity index (χ1n) is 13.4. The number of esters is 2. The van der Waals surface area contributed by atoms with Gasteiger partial charge in [-0.1, -0.05) is 27.2 Å². The van der Waals surface area contributed by atoms with Crippen LogP contribution in [0.3, 0.4) is 0 Å². The van der Waals surface area contributed by atoms with Crippen LogP contribution in [0.25, 0.3) is 0 Å². The Morgan fingerprint density at radius 3 is 2.62 bits per heavy atom. The normalized spacial score (nSPS) is 55.8. The minimum absolute atomic E-state index is 0.00602. The molecule has 0 aromatic heterocycles. The molecule has 6 aliphatic rings. The summed E-state index contributed by atoms with van der Waals surface area (Å²) in [5.41, 5.74) is -0.788. The Hall–Kier alpha value is -1.18. The Morgan fingerprint density at radius 2 is 1.88 bits per heavy atom. The molecule has 3 saturated heterocycles. The van der Waals surface area contributed by atoms with Gasteiger partial charge in [-0.25, -0.2) is 0 Å². The fourth-order valence-corrected chi connectivity index (χ4v) is 10.1. The zero-order valence-electron chi connectivity index (χ0n) is 21.0. The van der Waals surface area contributed by atoms with E-state index < -0.39 is 24.3 Å². The number of aliphatic hydroxyl groups is 1. The average Bonchev–Trinajstić information content (AvgIpc) is 3.21. The van der Waals surface area contributed by atoms with Gasteiger partial charge in [0, 0.05) is 19.4 Å². The van der Waals surface area contributed by atoms with Gasteiger partial charge < -0.3 is 24.1 Å². The van der Waals surface area contributed by atoms with Crippen LogP contribution in [0.1, 0.15) is 85.5 Å². The number of ether oxygens (including phenoxy) is 4. The van der Waals surface area contributed by atoms with Gasteiger partial charge in [-0.15, -0.1) is 0 Å². The highest BCUT2D eigenvalue weighted by Crippen LogP contribution is 2.71. The lowest BCUT2D eigenvalue weighted by Gasteiger charge is -2.67. The Bertz CT molecular complexity index is 890.